The lowest BCUT2D eigenvalue weighted by Gasteiger charge is -2.27. The maximum atomic E-state index is 12.4. The van der Waals surface area contributed by atoms with Gasteiger partial charge in [0.25, 0.3) is 0 Å². The highest BCUT2D eigenvalue weighted by Gasteiger charge is 2.27. The molecular weight excluding hydrogens is 448 g/mol. The fraction of sp³-hybridized carbons (Fsp3) is 0.421. The number of carbonyl (C=O) groups excluding carboxylic acids is 1. The van der Waals surface area contributed by atoms with Crippen LogP contribution in [-0.2, 0) is 14.8 Å². The standard InChI is InChI=1S/C19H23BrN2O3S2/c1-13-2-8-16(9-3-13)22-19(23)15-6-4-14(5-7-15)12-21-27(24,25)18-11-10-17(20)26-18/h2-3,8-11,14-15,21H,4-7,12H2,1H3,(H,22,23). The number of carbonyl (C=O) groups is 1. The molecule has 2 aromatic rings. The van der Waals surface area contributed by atoms with Gasteiger partial charge in [-0.15, -0.1) is 11.3 Å². The van der Waals surface area contributed by atoms with Crippen molar-refractivity contribution >= 4 is 48.9 Å². The molecule has 146 valence electrons. The molecule has 1 heterocycles. The van der Waals surface area contributed by atoms with E-state index in [0.717, 1.165) is 40.7 Å². The summed E-state index contributed by atoms with van der Waals surface area (Å²) in [6.45, 7) is 2.43. The first-order valence-electron chi connectivity index (χ1n) is 8.96. The van der Waals surface area contributed by atoms with Gasteiger partial charge in [0.1, 0.15) is 4.21 Å². The molecular formula is C19H23BrN2O3S2. The van der Waals surface area contributed by atoms with Crippen LogP contribution >= 0.6 is 27.3 Å². The monoisotopic (exact) mass is 470 g/mol. The molecule has 27 heavy (non-hydrogen) atoms. The Morgan fingerprint density at radius 1 is 1.11 bits per heavy atom. The van der Waals surface area contributed by atoms with E-state index in [1.165, 1.54) is 11.3 Å². The third-order valence-corrected chi connectivity index (χ3v) is 8.45. The molecule has 2 N–H and O–H groups in total. The van der Waals surface area contributed by atoms with Gasteiger partial charge in [0.05, 0.1) is 3.79 Å². The van der Waals surface area contributed by atoms with Crippen molar-refractivity contribution in [2.24, 2.45) is 11.8 Å². The summed E-state index contributed by atoms with van der Waals surface area (Å²) in [5, 5.41) is 2.98. The number of rotatable bonds is 6. The van der Waals surface area contributed by atoms with E-state index in [-0.39, 0.29) is 17.7 Å². The van der Waals surface area contributed by atoms with E-state index in [1.54, 1.807) is 12.1 Å². The number of aryl methyl sites for hydroxylation is 1. The van der Waals surface area contributed by atoms with Crippen molar-refractivity contribution in [2.75, 3.05) is 11.9 Å². The van der Waals surface area contributed by atoms with Crippen molar-refractivity contribution in [3.05, 3.63) is 45.7 Å². The second-order valence-electron chi connectivity index (χ2n) is 6.98. The van der Waals surface area contributed by atoms with Gasteiger partial charge in [0, 0.05) is 18.2 Å². The van der Waals surface area contributed by atoms with Crippen LogP contribution in [0.3, 0.4) is 0 Å². The molecule has 0 bridgehead atoms. The molecule has 1 amide bonds. The number of hydrogen-bond donors (Lipinski definition) is 2. The lowest BCUT2D eigenvalue weighted by molar-refractivity contribution is -0.121. The third kappa shape index (κ3) is 5.63. The Balaban J connectivity index is 1.46. The molecule has 8 heteroatoms. The first kappa shape index (κ1) is 20.5. The number of anilines is 1. The Labute approximate surface area is 172 Å². The summed E-state index contributed by atoms with van der Waals surface area (Å²) < 4.78 is 28.4. The number of benzene rings is 1. The summed E-state index contributed by atoms with van der Waals surface area (Å²) in [5.41, 5.74) is 1.98. The third-order valence-electron chi connectivity index (χ3n) is 4.91. The van der Waals surface area contributed by atoms with E-state index < -0.39 is 10.0 Å². The summed E-state index contributed by atoms with van der Waals surface area (Å²) in [4.78, 5) is 12.4. The molecule has 1 aliphatic carbocycles. The van der Waals surface area contributed by atoms with Gasteiger partial charge in [-0.2, -0.15) is 0 Å². The molecule has 1 aromatic carbocycles. The van der Waals surface area contributed by atoms with E-state index >= 15 is 0 Å². The maximum Gasteiger partial charge on any atom is 0.250 e. The zero-order valence-electron chi connectivity index (χ0n) is 15.1. The zero-order chi connectivity index (χ0) is 19.4. The van der Waals surface area contributed by atoms with E-state index in [0.29, 0.717) is 10.8 Å². The summed E-state index contributed by atoms with van der Waals surface area (Å²) in [6.07, 6.45) is 3.27. The van der Waals surface area contributed by atoms with Crippen LogP contribution in [0, 0.1) is 18.8 Å². The van der Waals surface area contributed by atoms with Crippen LogP contribution in [0.1, 0.15) is 31.2 Å². The minimum absolute atomic E-state index is 0.00703. The minimum Gasteiger partial charge on any atom is -0.326 e. The summed E-state index contributed by atoms with van der Waals surface area (Å²) in [6, 6.07) is 11.1. The molecule has 0 saturated heterocycles. The van der Waals surface area contributed by atoms with Crippen molar-refractivity contribution in [3.63, 3.8) is 0 Å². The summed E-state index contributed by atoms with van der Waals surface area (Å²) in [5.74, 6) is 0.320. The molecule has 0 atom stereocenters. The second-order valence-corrected chi connectivity index (χ2v) is 11.4. The topological polar surface area (TPSA) is 75.3 Å². The van der Waals surface area contributed by atoms with Gasteiger partial charge in [-0.3, -0.25) is 4.79 Å². The highest BCUT2D eigenvalue weighted by Crippen LogP contribution is 2.30. The van der Waals surface area contributed by atoms with Crippen molar-refractivity contribution in [3.8, 4) is 0 Å². The van der Waals surface area contributed by atoms with Gasteiger partial charge >= 0.3 is 0 Å². The van der Waals surface area contributed by atoms with Gasteiger partial charge in [-0.05, 0) is 78.7 Å². The van der Waals surface area contributed by atoms with Crippen LogP contribution < -0.4 is 10.0 Å². The molecule has 0 aliphatic heterocycles. The first-order valence-corrected chi connectivity index (χ1v) is 12.1. The maximum absolute atomic E-state index is 12.4. The van der Waals surface area contributed by atoms with Crippen LogP contribution in [0.4, 0.5) is 5.69 Å². The SMILES string of the molecule is Cc1ccc(NC(=O)C2CCC(CNS(=O)(=O)c3ccc(Br)s3)CC2)cc1. The van der Waals surface area contributed by atoms with Gasteiger partial charge < -0.3 is 5.32 Å². The number of amides is 1. The normalized spacial score (nSPS) is 20.4. The van der Waals surface area contributed by atoms with Gasteiger partial charge in [0.15, 0.2) is 0 Å². The van der Waals surface area contributed by atoms with Crippen LogP contribution in [-0.4, -0.2) is 20.9 Å². The Morgan fingerprint density at radius 2 is 1.78 bits per heavy atom. The molecule has 1 saturated carbocycles. The van der Waals surface area contributed by atoms with Crippen molar-refractivity contribution < 1.29 is 13.2 Å². The minimum atomic E-state index is -3.45. The van der Waals surface area contributed by atoms with Gasteiger partial charge in [0.2, 0.25) is 15.9 Å². The van der Waals surface area contributed by atoms with Crippen molar-refractivity contribution in [1.82, 2.24) is 4.72 Å². The fourth-order valence-electron chi connectivity index (χ4n) is 3.25. The Morgan fingerprint density at radius 3 is 2.37 bits per heavy atom. The molecule has 0 unspecified atom stereocenters. The number of nitrogens with one attached hydrogen (secondary N) is 2. The van der Waals surface area contributed by atoms with Crippen LogP contribution in [0.5, 0.6) is 0 Å². The lowest BCUT2D eigenvalue weighted by Crippen LogP contribution is -2.33. The Hall–Kier alpha value is -1.22. The fourth-order valence-corrected chi connectivity index (χ4v) is 6.42. The molecule has 1 aromatic heterocycles. The Bertz CT molecular complexity index is 886. The predicted octanol–water partition coefficient (Wildman–Crippen LogP) is 4.54. The number of sulfonamides is 1. The van der Waals surface area contributed by atoms with Crippen LogP contribution in [0.25, 0.3) is 0 Å². The van der Waals surface area contributed by atoms with Gasteiger partial charge in [-0.1, -0.05) is 17.7 Å². The summed E-state index contributed by atoms with van der Waals surface area (Å²) >= 11 is 4.49. The van der Waals surface area contributed by atoms with Crippen molar-refractivity contribution in [1.29, 1.82) is 0 Å². The van der Waals surface area contributed by atoms with E-state index in [2.05, 4.69) is 26.0 Å². The largest absolute Gasteiger partial charge is 0.326 e. The zero-order valence-corrected chi connectivity index (χ0v) is 18.3. The molecule has 1 aliphatic rings. The number of thiophene rings is 1. The molecule has 5 nitrogen and oxygen atoms in total. The highest BCUT2D eigenvalue weighted by molar-refractivity contribution is 9.11. The average molecular weight is 471 g/mol. The molecule has 1 fully saturated rings. The lowest BCUT2D eigenvalue weighted by atomic mass is 9.81. The molecule has 0 radical (unpaired) electrons. The highest BCUT2D eigenvalue weighted by atomic mass is 79.9. The summed E-state index contributed by atoms with van der Waals surface area (Å²) in [7, 11) is -3.45. The molecule has 3 rings (SSSR count). The van der Waals surface area contributed by atoms with Crippen LogP contribution in [0.15, 0.2) is 44.4 Å². The smallest absolute Gasteiger partial charge is 0.250 e. The quantitative estimate of drug-likeness (QED) is 0.650. The van der Waals surface area contributed by atoms with E-state index in [1.807, 2.05) is 31.2 Å². The van der Waals surface area contributed by atoms with E-state index in [9.17, 15) is 13.2 Å². The number of hydrogen-bond acceptors (Lipinski definition) is 4. The molecule has 0 spiro atoms. The average Bonchev–Trinajstić information content (AvgIpc) is 3.10. The van der Waals surface area contributed by atoms with E-state index in [4.69, 9.17) is 0 Å². The van der Waals surface area contributed by atoms with Crippen LogP contribution in [0.2, 0.25) is 0 Å². The number of halogens is 1. The first-order chi connectivity index (χ1) is 12.8. The van der Waals surface area contributed by atoms with Gasteiger partial charge in [-0.25, -0.2) is 13.1 Å². The second kappa shape index (κ2) is 8.86. The Kier molecular flexibility index (Phi) is 6.73. The van der Waals surface area contributed by atoms with Crippen molar-refractivity contribution in [2.45, 2.75) is 36.8 Å². The predicted molar refractivity (Wildman–Crippen MR) is 112 cm³/mol.